The first-order valence-electron chi connectivity index (χ1n) is 10.5. The van der Waals surface area contributed by atoms with Crippen LogP contribution in [0.25, 0.3) is 0 Å². The van der Waals surface area contributed by atoms with Crippen molar-refractivity contribution in [3.8, 4) is 0 Å². The SMILES string of the molecule is CCCCNC(=O)C(c1ccc(C)cc1C)N(C)C(=O)C(C)NC(=O)OC(C)(C)C. The maximum absolute atomic E-state index is 13.0. The van der Waals surface area contributed by atoms with Gasteiger partial charge in [-0.3, -0.25) is 9.59 Å². The van der Waals surface area contributed by atoms with Gasteiger partial charge >= 0.3 is 6.09 Å². The number of carbonyl (C=O) groups excluding carboxylic acids is 3. The van der Waals surface area contributed by atoms with Crippen molar-refractivity contribution < 1.29 is 19.1 Å². The van der Waals surface area contributed by atoms with Crippen molar-refractivity contribution in [3.05, 3.63) is 34.9 Å². The number of hydrogen-bond donors (Lipinski definition) is 2. The van der Waals surface area contributed by atoms with Gasteiger partial charge in [-0.2, -0.15) is 0 Å². The maximum Gasteiger partial charge on any atom is 0.408 e. The van der Waals surface area contributed by atoms with Gasteiger partial charge in [-0.25, -0.2) is 4.79 Å². The molecule has 30 heavy (non-hydrogen) atoms. The van der Waals surface area contributed by atoms with Crippen molar-refractivity contribution in [2.75, 3.05) is 13.6 Å². The van der Waals surface area contributed by atoms with Gasteiger partial charge in [-0.15, -0.1) is 0 Å². The highest BCUT2D eigenvalue weighted by Crippen LogP contribution is 2.25. The zero-order chi connectivity index (χ0) is 23.1. The van der Waals surface area contributed by atoms with Crippen LogP contribution in [0.1, 0.15) is 70.2 Å². The van der Waals surface area contributed by atoms with Crippen LogP contribution in [0.5, 0.6) is 0 Å². The number of benzene rings is 1. The normalized spacial score (nSPS) is 13.2. The number of unbranched alkanes of at least 4 members (excludes halogenated alkanes) is 1. The van der Waals surface area contributed by atoms with Crippen molar-refractivity contribution in [3.63, 3.8) is 0 Å². The lowest BCUT2D eigenvalue weighted by atomic mass is 9.97. The third-order valence-corrected chi connectivity index (χ3v) is 4.64. The number of likely N-dealkylation sites (N-methyl/N-ethyl adjacent to an activating group) is 1. The molecule has 0 aliphatic carbocycles. The van der Waals surface area contributed by atoms with Crippen molar-refractivity contribution in [2.45, 2.75) is 79.0 Å². The Labute approximate surface area is 180 Å². The summed E-state index contributed by atoms with van der Waals surface area (Å²) in [6.07, 6.45) is 1.15. The maximum atomic E-state index is 13.0. The van der Waals surface area contributed by atoms with E-state index < -0.39 is 23.8 Å². The molecule has 1 aromatic rings. The summed E-state index contributed by atoms with van der Waals surface area (Å²) in [5.41, 5.74) is 2.10. The predicted molar refractivity (Wildman–Crippen MR) is 118 cm³/mol. The summed E-state index contributed by atoms with van der Waals surface area (Å²) in [6.45, 7) is 13.3. The number of carbonyl (C=O) groups is 3. The smallest absolute Gasteiger partial charge is 0.408 e. The molecule has 1 aromatic carbocycles. The fourth-order valence-corrected chi connectivity index (χ4v) is 3.12. The molecule has 0 aliphatic heterocycles. The molecule has 7 nitrogen and oxygen atoms in total. The van der Waals surface area contributed by atoms with E-state index in [1.54, 1.807) is 34.7 Å². The van der Waals surface area contributed by atoms with E-state index >= 15 is 0 Å². The molecule has 2 unspecified atom stereocenters. The van der Waals surface area contributed by atoms with Gasteiger partial charge in [0.05, 0.1) is 0 Å². The summed E-state index contributed by atoms with van der Waals surface area (Å²) in [5.74, 6) is -0.618. The second kappa shape index (κ2) is 11.0. The Kier molecular flexibility index (Phi) is 9.33. The van der Waals surface area contributed by atoms with Crippen LogP contribution in [-0.4, -0.2) is 48.0 Å². The topological polar surface area (TPSA) is 87.7 Å². The van der Waals surface area contributed by atoms with E-state index in [0.717, 1.165) is 29.5 Å². The van der Waals surface area contributed by atoms with Crippen LogP contribution in [0, 0.1) is 13.8 Å². The highest BCUT2D eigenvalue weighted by atomic mass is 16.6. The first-order chi connectivity index (χ1) is 13.9. The summed E-state index contributed by atoms with van der Waals surface area (Å²) < 4.78 is 5.23. The van der Waals surface area contributed by atoms with Crippen molar-refractivity contribution in [2.24, 2.45) is 0 Å². The molecule has 2 N–H and O–H groups in total. The quantitative estimate of drug-likeness (QED) is 0.630. The van der Waals surface area contributed by atoms with Crippen LogP contribution in [-0.2, 0) is 14.3 Å². The summed E-state index contributed by atoms with van der Waals surface area (Å²) in [5, 5.41) is 5.48. The Bertz CT molecular complexity index is 755. The molecule has 0 saturated carbocycles. The van der Waals surface area contributed by atoms with Gasteiger partial charge in [0.15, 0.2) is 0 Å². The standard InChI is InChI=1S/C23H37N3O4/c1-9-10-13-24-20(27)19(18-12-11-15(2)14-16(18)3)26(8)21(28)17(4)25-22(29)30-23(5,6)7/h11-12,14,17,19H,9-10,13H2,1-8H3,(H,24,27)(H,25,29). The van der Waals surface area contributed by atoms with E-state index in [9.17, 15) is 14.4 Å². The molecular weight excluding hydrogens is 382 g/mol. The highest BCUT2D eigenvalue weighted by Gasteiger charge is 2.32. The Morgan fingerprint density at radius 2 is 1.80 bits per heavy atom. The fourth-order valence-electron chi connectivity index (χ4n) is 3.12. The largest absolute Gasteiger partial charge is 0.444 e. The molecule has 0 bridgehead atoms. The molecule has 0 radical (unpaired) electrons. The molecule has 0 spiro atoms. The van der Waals surface area contributed by atoms with Crippen LogP contribution in [0.3, 0.4) is 0 Å². The second-order valence-corrected chi connectivity index (χ2v) is 8.72. The number of ether oxygens (including phenoxy) is 1. The molecule has 1 rings (SSSR count). The number of nitrogens with one attached hydrogen (secondary N) is 2. The van der Waals surface area contributed by atoms with Gasteiger partial charge in [0.25, 0.3) is 0 Å². The molecule has 7 heteroatoms. The number of nitrogens with zero attached hydrogens (tertiary/aromatic N) is 1. The molecule has 0 fully saturated rings. The van der Waals surface area contributed by atoms with Crippen molar-refractivity contribution in [1.82, 2.24) is 15.5 Å². The summed E-state index contributed by atoms with van der Waals surface area (Å²) in [4.78, 5) is 39.5. The number of rotatable bonds is 8. The minimum atomic E-state index is -0.846. The van der Waals surface area contributed by atoms with Gasteiger partial charge in [0, 0.05) is 13.6 Å². The molecule has 0 heterocycles. The monoisotopic (exact) mass is 419 g/mol. The first kappa shape index (κ1) is 25.5. The van der Waals surface area contributed by atoms with E-state index in [1.165, 1.54) is 4.90 Å². The van der Waals surface area contributed by atoms with E-state index in [4.69, 9.17) is 4.74 Å². The Morgan fingerprint density at radius 3 is 2.33 bits per heavy atom. The average molecular weight is 420 g/mol. The molecule has 168 valence electrons. The fraction of sp³-hybridized carbons (Fsp3) is 0.609. The third kappa shape index (κ3) is 7.69. The highest BCUT2D eigenvalue weighted by molar-refractivity contribution is 5.92. The van der Waals surface area contributed by atoms with Crippen LogP contribution >= 0.6 is 0 Å². The molecule has 0 aromatic heterocycles. The molecule has 0 aliphatic rings. The van der Waals surface area contributed by atoms with Gasteiger partial charge in [0.1, 0.15) is 17.7 Å². The second-order valence-electron chi connectivity index (χ2n) is 8.72. The minimum absolute atomic E-state index is 0.240. The van der Waals surface area contributed by atoms with E-state index in [1.807, 2.05) is 39.0 Å². The molecular formula is C23H37N3O4. The lowest BCUT2D eigenvalue weighted by Crippen LogP contribution is -2.50. The van der Waals surface area contributed by atoms with Crippen LogP contribution < -0.4 is 10.6 Å². The number of alkyl carbamates (subject to hydrolysis) is 1. The average Bonchev–Trinajstić information content (AvgIpc) is 2.61. The van der Waals surface area contributed by atoms with Crippen LogP contribution in [0.4, 0.5) is 4.79 Å². The van der Waals surface area contributed by atoms with Gasteiger partial charge in [-0.05, 0) is 59.1 Å². The van der Waals surface area contributed by atoms with E-state index in [-0.39, 0.29) is 11.8 Å². The zero-order valence-electron chi connectivity index (χ0n) is 19.6. The van der Waals surface area contributed by atoms with Gasteiger partial charge < -0.3 is 20.3 Å². The molecule has 0 saturated heterocycles. The van der Waals surface area contributed by atoms with Gasteiger partial charge in [-0.1, -0.05) is 37.1 Å². The number of hydrogen-bond acceptors (Lipinski definition) is 4. The summed E-state index contributed by atoms with van der Waals surface area (Å²) in [7, 11) is 1.58. The van der Waals surface area contributed by atoms with Crippen LogP contribution in [0.2, 0.25) is 0 Å². The Balaban J connectivity index is 3.08. The third-order valence-electron chi connectivity index (χ3n) is 4.64. The number of aryl methyl sites for hydroxylation is 2. The Hall–Kier alpha value is -2.57. The van der Waals surface area contributed by atoms with Crippen molar-refractivity contribution in [1.29, 1.82) is 0 Å². The number of amides is 3. The van der Waals surface area contributed by atoms with Crippen molar-refractivity contribution >= 4 is 17.9 Å². The zero-order valence-corrected chi connectivity index (χ0v) is 19.6. The van der Waals surface area contributed by atoms with E-state index in [2.05, 4.69) is 10.6 Å². The van der Waals surface area contributed by atoms with E-state index in [0.29, 0.717) is 6.54 Å². The first-order valence-corrected chi connectivity index (χ1v) is 10.5. The minimum Gasteiger partial charge on any atom is -0.444 e. The Morgan fingerprint density at radius 1 is 1.17 bits per heavy atom. The molecule has 2 atom stereocenters. The molecule has 3 amide bonds. The lowest BCUT2D eigenvalue weighted by Gasteiger charge is -2.31. The summed E-state index contributed by atoms with van der Waals surface area (Å²) >= 11 is 0. The van der Waals surface area contributed by atoms with Crippen LogP contribution in [0.15, 0.2) is 18.2 Å². The summed E-state index contributed by atoms with van der Waals surface area (Å²) in [6, 6.07) is 4.15. The lowest BCUT2D eigenvalue weighted by molar-refractivity contribution is -0.140. The van der Waals surface area contributed by atoms with Gasteiger partial charge in [0.2, 0.25) is 11.8 Å². The predicted octanol–water partition coefficient (Wildman–Crippen LogP) is 3.63.